The summed E-state index contributed by atoms with van der Waals surface area (Å²) in [7, 11) is 0. The zero-order valence-corrected chi connectivity index (χ0v) is 17.1. The first-order valence-corrected chi connectivity index (χ1v) is 10.4. The summed E-state index contributed by atoms with van der Waals surface area (Å²) in [5, 5.41) is 28.8. The fourth-order valence-electron chi connectivity index (χ4n) is 4.04. The highest BCUT2D eigenvalue weighted by atomic mass is 16.4. The second-order valence-electron chi connectivity index (χ2n) is 7.76. The van der Waals surface area contributed by atoms with Crippen LogP contribution in [-0.2, 0) is 13.0 Å². The number of tetrazole rings is 1. The van der Waals surface area contributed by atoms with Gasteiger partial charge in [0.05, 0.1) is 11.4 Å². The van der Waals surface area contributed by atoms with Gasteiger partial charge in [-0.15, -0.1) is 10.2 Å². The van der Waals surface area contributed by atoms with Crippen LogP contribution in [0.5, 0.6) is 0 Å². The van der Waals surface area contributed by atoms with E-state index in [2.05, 4.69) is 25.7 Å². The molecule has 0 amide bonds. The number of carbonyl (C=O) groups is 1. The lowest BCUT2D eigenvalue weighted by Crippen LogP contribution is -2.08. The third-order valence-electron chi connectivity index (χ3n) is 5.71. The molecule has 0 bridgehead atoms. The van der Waals surface area contributed by atoms with Gasteiger partial charge >= 0.3 is 5.97 Å². The largest absolute Gasteiger partial charge is 0.478 e. The number of aromatic nitrogens is 6. The zero-order valence-electron chi connectivity index (χ0n) is 17.1. The second-order valence-corrected chi connectivity index (χ2v) is 7.76. The Morgan fingerprint density at radius 2 is 1.87 bits per heavy atom. The van der Waals surface area contributed by atoms with Crippen molar-refractivity contribution in [3.63, 3.8) is 0 Å². The molecule has 1 aliphatic rings. The number of carboxylic acids is 1. The lowest BCUT2D eigenvalue weighted by molar-refractivity contribution is 0.0694. The number of aromatic carboxylic acids is 1. The normalized spacial score (nSPS) is 13.5. The molecule has 0 saturated heterocycles. The van der Waals surface area contributed by atoms with E-state index in [4.69, 9.17) is 0 Å². The Bertz CT molecular complexity index is 1220. The molecule has 8 nitrogen and oxygen atoms in total. The lowest BCUT2D eigenvalue weighted by atomic mass is 9.97. The molecule has 1 saturated carbocycles. The van der Waals surface area contributed by atoms with Gasteiger partial charge in [0.2, 0.25) is 5.82 Å². The minimum absolute atomic E-state index is 0.293. The highest BCUT2D eigenvalue weighted by molar-refractivity contribution is 5.91. The molecule has 1 aliphatic carbocycles. The van der Waals surface area contributed by atoms with Crippen molar-refractivity contribution in [2.75, 3.05) is 0 Å². The molecule has 0 unspecified atom stereocenters. The maximum atomic E-state index is 12.0. The number of nitrogens with one attached hydrogen (secondary N) is 1. The lowest BCUT2D eigenvalue weighted by Gasteiger charge is -2.09. The quantitative estimate of drug-likeness (QED) is 0.474. The molecule has 2 heterocycles. The van der Waals surface area contributed by atoms with Crippen molar-refractivity contribution in [3.05, 3.63) is 71.0 Å². The van der Waals surface area contributed by atoms with Crippen LogP contribution in [0.3, 0.4) is 0 Å². The van der Waals surface area contributed by atoms with E-state index in [-0.39, 0.29) is 0 Å². The van der Waals surface area contributed by atoms with Crippen LogP contribution in [0.25, 0.3) is 22.5 Å². The van der Waals surface area contributed by atoms with E-state index in [0.29, 0.717) is 30.3 Å². The van der Waals surface area contributed by atoms with E-state index < -0.39 is 5.97 Å². The average molecular weight is 414 g/mol. The van der Waals surface area contributed by atoms with E-state index in [0.717, 1.165) is 46.5 Å². The summed E-state index contributed by atoms with van der Waals surface area (Å²) in [5.41, 5.74) is 5.89. The number of rotatable bonds is 7. The minimum atomic E-state index is -0.887. The predicted octanol–water partition coefficient (Wildman–Crippen LogP) is 3.92. The summed E-state index contributed by atoms with van der Waals surface area (Å²) < 4.78 is 1.84. The number of hydrogen-bond acceptors (Lipinski definition) is 5. The maximum absolute atomic E-state index is 12.0. The maximum Gasteiger partial charge on any atom is 0.339 e. The van der Waals surface area contributed by atoms with Gasteiger partial charge in [0.15, 0.2) is 0 Å². The molecule has 156 valence electrons. The van der Waals surface area contributed by atoms with Crippen LogP contribution < -0.4 is 0 Å². The van der Waals surface area contributed by atoms with E-state index in [1.807, 2.05) is 60.1 Å². The van der Waals surface area contributed by atoms with Crippen molar-refractivity contribution >= 4 is 5.97 Å². The summed E-state index contributed by atoms with van der Waals surface area (Å²) in [4.78, 5) is 12.0. The van der Waals surface area contributed by atoms with Gasteiger partial charge in [-0.05, 0) is 41.7 Å². The van der Waals surface area contributed by atoms with Gasteiger partial charge in [0, 0.05) is 24.4 Å². The number of aryl methyl sites for hydroxylation is 1. The first-order chi connectivity index (χ1) is 15.2. The third-order valence-corrected chi connectivity index (χ3v) is 5.71. The Morgan fingerprint density at radius 3 is 2.48 bits per heavy atom. The summed E-state index contributed by atoms with van der Waals surface area (Å²) in [6.07, 6.45) is 2.58. The molecule has 31 heavy (non-hydrogen) atoms. The molecule has 0 atom stereocenters. The van der Waals surface area contributed by atoms with Crippen LogP contribution in [0, 0.1) is 0 Å². The third kappa shape index (κ3) is 3.61. The molecule has 0 spiro atoms. The van der Waals surface area contributed by atoms with Crippen molar-refractivity contribution in [1.29, 1.82) is 0 Å². The molecule has 8 heteroatoms. The SMILES string of the molecule is CCn1nc(C2CC2)c(C(=O)O)c1Cc1ccc(-c2ccccc2-c2nn[nH]n2)cc1. The van der Waals surface area contributed by atoms with Gasteiger partial charge in [0.25, 0.3) is 0 Å². The van der Waals surface area contributed by atoms with Gasteiger partial charge in [-0.25, -0.2) is 4.79 Å². The van der Waals surface area contributed by atoms with E-state index >= 15 is 0 Å². The van der Waals surface area contributed by atoms with Crippen LogP contribution in [0.1, 0.15) is 53.0 Å². The van der Waals surface area contributed by atoms with Gasteiger partial charge in [0.1, 0.15) is 5.56 Å². The molecule has 1 fully saturated rings. The van der Waals surface area contributed by atoms with Gasteiger partial charge in [-0.1, -0.05) is 48.5 Å². The molecular formula is C23H22N6O2. The molecule has 4 aromatic rings. The summed E-state index contributed by atoms with van der Waals surface area (Å²) in [6.45, 7) is 2.65. The predicted molar refractivity (Wildman–Crippen MR) is 115 cm³/mol. The highest BCUT2D eigenvalue weighted by Crippen LogP contribution is 2.42. The smallest absolute Gasteiger partial charge is 0.339 e. The molecule has 5 rings (SSSR count). The summed E-state index contributed by atoms with van der Waals surface area (Å²) in [6, 6.07) is 16.1. The number of aromatic amines is 1. The van der Waals surface area contributed by atoms with Crippen molar-refractivity contribution in [2.45, 2.75) is 38.6 Å². The molecule has 0 radical (unpaired) electrons. The van der Waals surface area contributed by atoms with Gasteiger partial charge in [-0.3, -0.25) is 4.68 Å². The Balaban J connectivity index is 1.47. The zero-order chi connectivity index (χ0) is 21.4. The van der Waals surface area contributed by atoms with E-state index in [1.54, 1.807) is 0 Å². The molecule has 2 aromatic carbocycles. The van der Waals surface area contributed by atoms with Crippen LogP contribution in [0.4, 0.5) is 0 Å². The van der Waals surface area contributed by atoms with E-state index in [1.165, 1.54) is 0 Å². The Labute approximate surface area is 178 Å². The Hall–Kier alpha value is -3.81. The first kappa shape index (κ1) is 19.2. The van der Waals surface area contributed by atoms with Crippen LogP contribution >= 0.6 is 0 Å². The standard InChI is InChI=1S/C23H22N6O2/c1-2-29-19(20(23(30)31)21(26-29)16-11-12-16)13-14-7-9-15(10-8-14)17-5-3-4-6-18(17)22-24-27-28-25-22/h3-10,16H,2,11-13H2,1H3,(H,30,31)(H,24,25,27,28). The average Bonchev–Trinajstić information content (AvgIpc) is 3.35. The number of carboxylic acid groups (broad SMARTS) is 1. The molecule has 2 N–H and O–H groups in total. The number of nitrogens with zero attached hydrogens (tertiary/aromatic N) is 5. The Morgan fingerprint density at radius 1 is 1.13 bits per heavy atom. The molecular weight excluding hydrogens is 392 g/mol. The summed E-state index contributed by atoms with van der Waals surface area (Å²) >= 11 is 0. The second kappa shape index (κ2) is 7.79. The summed E-state index contributed by atoms with van der Waals surface area (Å²) in [5.74, 6) is -0.0471. The van der Waals surface area contributed by atoms with Crippen molar-refractivity contribution < 1.29 is 9.90 Å². The number of H-pyrrole nitrogens is 1. The van der Waals surface area contributed by atoms with Crippen LogP contribution in [0.15, 0.2) is 48.5 Å². The van der Waals surface area contributed by atoms with E-state index in [9.17, 15) is 9.90 Å². The highest BCUT2D eigenvalue weighted by Gasteiger charge is 2.34. The monoisotopic (exact) mass is 414 g/mol. The molecule has 2 aromatic heterocycles. The minimum Gasteiger partial charge on any atom is -0.478 e. The van der Waals surface area contributed by atoms with Gasteiger partial charge in [-0.2, -0.15) is 10.3 Å². The molecule has 0 aliphatic heterocycles. The topological polar surface area (TPSA) is 110 Å². The number of hydrogen-bond donors (Lipinski definition) is 2. The van der Waals surface area contributed by atoms with Crippen LogP contribution in [0.2, 0.25) is 0 Å². The Kier molecular flexibility index (Phi) is 4.82. The first-order valence-electron chi connectivity index (χ1n) is 10.4. The van der Waals surface area contributed by atoms with Crippen molar-refractivity contribution in [1.82, 2.24) is 30.4 Å². The fourth-order valence-corrected chi connectivity index (χ4v) is 4.04. The van der Waals surface area contributed by atoms with Gasteiger partial charge < -0.3 is 5.11 Å². The number of benzene rings is 2. The van der Waals surface area contributed by atoms with Crippen LogP contribution in [-0.4, -0.2) is 41.5 Å². The fraction of sp³-hybridized carbons (Fsp3) is 0.261. The van der Waals surface area contributed by atoms with Crippen molar-refractivity contribution in [2.24, 2.45) is 0 Å². The van der Waals surface area contributed by atoms with Crippen molar-refractivity contribution in [3.8, 4) is 22.5 Å².